The number of hydrogen-bond acceptors (Lipinski definition) is 6. The summed E-state index contributed by atoms with van der Waals surface area (Å²) < 4.78 is 5.51. The van der Waals surface area contributed by atoms with Gasteiger partial charge in [-0.1, -0.05) is 0 Å². The second kappa shape index (κ2) is 4.39. The third kappa shape index (κ3) is 1.85. The second-order valence-corrected chi connectivity index (χ2v) is 4.17. The quantitative estimate of drug-likeness (QED) is 0.617. The zero-order valence-electron chi connectivity index (χ0n) is 9.72. The van der Waals surface area contributed by atoms with Crippen LogP contribution in [0.2, 0.25) is 0 Å². The molecule has 1 atom stereocenters. The third-order valence-electron chi connectivity index (χ3n) is 3.00. The van der Waals surface area contributed by atoms with Gasteiger partial charge in [-0.3, -0.25) is 4.98 Å². The maximum Gasteiger partial charge on any atom is 0.325 e. The summed E-state index contributed by atoms with van der Waals surface area (Å²) in [4.78, 5) is 26.9. The van der Waals surface area contributed by atoms with Crippen LogP contribution in [0.25, 0.3) is 11.2 Å². The zero-order valence-corrected chi connectivity index (χ0v) is 9.72. The highest BCUT2D eigenvalue weighted by atomic mass is 16.5. The van der Waals surface area contributed by atoms with Gasteiger partial charge in [-0.2, -0.15) is 0 Å². The van der Waals surface area contributed by atoms with Gasteiger partial charge in [-0.05, 0) is 0 Å². The second-order valence-electron chi connectivity index (χ2n) is 4.17. The van der Waals surface area contributed by atoms with Crippen LogP contribution in [0.3, 0.4) is 0 Å². The van der Waals surface area contributed by atoms with Gasteiger partial charge in [0.2, 0.25) is 0 Å². The van der Waals surface area contributed by atoms with E-state index in [4.69, 9.17) is 10.5 Å². The molecule has 0 bridgehead atoms. The van der Waals surface area contributed by atoms with Crippen LogP contribution in [-0.4, -0.2) is 52.3 Å². The molecule has 3 rings (SSSR count). The summed E-state index contributed by atoms with van der Waals surface area (Å²) in [7, 11) is 0. The first-order chi connectivity index (χ1) is 8.78. The van der Waals surface area contributed by atoms with Gasteiger partial charge in [0.15, 0.2) is 11.5 Å². The number of hydrogen-bond donors (Lipinski definition) is 3. The topological polar surface area (TPSA) is 113 Å². The van der Waals surface area contributed by atoms with Crippen LogP contribution < -0.4 is 16.3 Å². The van der Waals surface area contributed by atoms with Crippen molar-refractivity contribution in [2.24, 2.45) is 5.73 Å². The van der Waals surface area contributed by atoms with Crippen LogP contribution in [0.5, 0.6) is 0 Å². The van der Waals surface area contributed by atoms with E-state index in [1.54, 1.807) is 0 Å². The lowest BCUT2D eigenvalue weighted by atomic mass is 10.2. The Kier molecular flexibility index (Phi) is 2.73. The van der Waals surface area contributed by atoms with Crippen molar-refractivity contribution in [1.29, 1.82) is 0 Å². The number of nitrogens with two attached hydrogens (primary N) is 1. The summed E-state index contributed by atoms with van der Waals surface area (Å²) in [6.45, 7) is 2.45. The van der Waals surface area contributed by atoms with Gasteiger partial charge in [0, 0.05) is 19.6 Å². The molecule has 3 heterocycles. The molecule has 0 radical (unpaired) electrons. The molecule has 2 aromatic heterocycles. The average Bonchev–Trinajstić information content (AvgIpc) is 2.78. The van der Waals surface area contributed by atoms with E-state index < -0.39 is 0 Å². The molecule has 1 aliphatic rings. The van der Waals surface area contributed by atoms with E-state index in [1.165, 1.54) is 6.33 Å². The fraction of sp³-hybridized carbons (Fsp3) is 0.500. The van der Waals surface area contributed by atoms with E-state index in [-0.39, 0.29) is 11.8 Å². The van der Waals surface area contributed by atoms with Crippen LogP contribution in [0.4, 0.5) is 5.82 Å². The van der Waals surface area contributed by atoms with Crippen molar-refractivity contribution in [2.75, 3.05) is 31.1 Å². The lowest BCUT2D eigenvalue weighted by Crippen LogP contribution is -2.46. The number of fused-ring (bicyclic) bond motifs is 1. The minimum absolute atomic E-state index is 0.00516. The molecule has 0 aliphatic carbocycles. The average molecular weight is 250 g/mol. The number of morpholine rings is 1. The number of nitrogens with one attached hydrogen (secondary N) is 2. The van der Waals surface area contributed by atoms with Crippen molar-refractivity contribution in [1.82, 2.24) is 19.9 Å². The Morgan fingerprint density at radius 3 is 3.22 bits per heavy atom. The molecule has 0 amide bonds. The Morgan fingerprint density at radius 2 is 2.39 bits per heavy atom. The number of nitrogens with zero attached hydrogens (tertiary/aromatic N) is 3. The Bertz CT molecular complexity index is 606. The molecular formula is C10H14N6O2. The zero-order chi connectivity index (χ0) is 12.5. The van der Waals surface area contributed by atoms with Crippen molar-refractivity contribution in [3.63, 3.8) is 0 Å². The third-order valence-corrected chi connectivity index (χ3v) is 3.00. The van der Waals surface area contributed by atoms with Gasteiger partial charge in [-0.15, -0.1) is 0 Å². The number of aromatic nitrogens is 4. The number of aromatic amines is 2. The number of ether oxygens (including phenoxy) is 1. The standard InChI is InChI=1S/C10H14N6O2/c11-3-6-4-16(1-2-18-6)9-7-8(12-5-13-9)15-10(17)14-7/h5-6H,1-4,11H2,(H2,12,13,14,15,17). The van der Waals surface area contributed by atoms with Gasteiger partial charge < -0.3 is 20.4 Å². The fourth-order valence-corrected chi connectivity index (χ4v) is 2.13. The largest absolute Gasteiger partial charge is 0.373 e. The number of rotatable bonds is 2. The Hall–Kier alpha value is -1.93. The molecule has 96 valence electrons. The normalized spacial score (nSPS) is 20.5. The van der Waals surface area contributed by atoms with Crippen LogP contribution in [0.15, 0.2) is 11.1 Å². The lowest BCUT2D eigenvalue weighted by molar-refractivity contribution is 0.0464. The minimum atomic E-state index is -0.282. The number of anilines is 1. The van der Waals surface area contributed by atoms with Crippen molar-refractivity contribution < 1.29 is 4.74 Å². The highest BCUT2D eigenvalue weighted by Gasteiger charge is 2.22. The van der Waals surface area contributed by atoms with Crippen molar-refractivity contribution in [3.8, 4) is 0 Å². The molecule has 0 saturated carbocycles. The van der Waals surface area contributed by atoms with Gasteiger partial charge in [0.25, 0.3) is 0 Å². The summed E-state index contributed by atoms with van der Waals surface area (Å²) in [5.74, 6) is 0.708. The predicted octanol–water partition coefficient (Wildman–Crippen LogP) is -1.19. The van der Waals surface area contributed by atoms with Crippen molar-refractivity contribution >= 4 is 17.0 Å². The molecule has 1 unspecified atom stereocenters. The van der Waals surface area contributed by atoms with Gasteiger partial charge in [0.05, 0.1) is 12.7 Å². The molecule has 2 aromatic rings. The lowest BCUT2D eigenvalue weighted by Gasteiger charge is -2.33. The highest BCUT2D eigenvalue weighted by Crippen LogP contribution is 2.20. The molecule has 18 heavy (non-hydrogen) atoms. The van der Waals surface area contributed by atoms with E-state index >= 15 is 0 Å². The number of H-pyrrole nitrogens is 2. The first-order valence-corrected chi connectivity index (χ1v) is 5.77. The summed E-state index contributed by atoms with van der Waals surface area (Å²) in [5, 5.41) is 0. The molecule has 1 fully saturated rings. The van der Waals surface area contributed by atoms with E-state index in [2.05, 4.69) is 24.8 Å². The smallest absolute Gasteiger partial charge is 0.325 e. The minimum Gasteiger partial charge on any atom is -0.373 e. The maximum absolute atomic E-state index is 11.3. The summed E-state index contributed by atoms with van der Waals surface area (Å²) >= 11 is 0. The molecule has 8 nitrogen and oxygen atoms in total. The monoisotopic (exact) mass is 250 g/mol. The molecule has 1 saturated heterocycles. The predicted molar refractivity (Wildman–Crippen MR) is 65.5 cm³/mol. The van der Waals surface area contributed by atoms with Crippen LogP contribution in [-0.2, 0) is 4.74 Å². The summed E-state index contributed by atoms with van der Waals surface area (Å²) in [5.41, 5.74) is 6.47. The van der Waals surface area contributed by atoms with Gasteiger partial charge >= 0.3 is 5.69 Å². The van der Waals surface area contributed by atoms with E-state index in [0.717, 1.165) is 6.54 Å². The van der Waals surface area contributed by atoms with Crippen LogP contribution >= 0.6 is 0 Å². The number of imidazole rings is 1. The van der Waals surface area contributed by atoms with Crippen molar-refractivity contribution in [2.45, 2.75) is 6.10 Å². The van der Waals surface area contributed by atoms with E-state index in [0.29, 0.717) is 36.7 Å². The fourth-order valence-electron chi connectivity index (χ4n) is 2.13. The SMILES string of the molecule is NCC1CN(c2ncnc3[nH]c(=O)[nH]c23)CCO1. The van der Waals surface area contributed by atoms with E-state index in [9.17, 15) is 4.79 Å². The Labute approximate surface area is 102 Å². The maximum atomic E-state index is 11.3. The molecular weight excluding hydrogens is 236 g/mol. The molecule has 4 N–H and O–H groups in total. The van der Waals surface area contributed by atoms with Crippen LogP contribution in [0.1, 0.15) is 0 Å². The first kappa shape index (κ1) is 11.2. The van der Waals surface area contributed by atoms with Gasteiger partial charge in [-0.25, -0.2) is 14.8 Å². The molecule has 0 aromatic carbocycles. The van der Waals surface area contributed by atoms with Crippen molar-refractivity contribution in [3.05, 3.63) is 16.8 Å². The van der Waals surface area contributed by atoms with Gasteiger partial charge in [0.1, 0.15) is 11.8 Å². The molecule has 8 heteroatoms. The highest BCUT2D eigenvalue weighted by molar-refractivity contribution is 5.82. The summed E-state index contributed by atoms with van der Waals surface area (Å²) in [6, 6.07) is 0. The van der Waals surface area contributed by atoms with Crippen LogP contribution in [0, 0.1) is 0 Å². The Balaban J connectivity index is 2.00. The summed E-state index contributed by atoms with van der Waals surface area (Å²) in [6.07, 6.45) is 1.43. The molecule has 1 aliphatic heterocycles. The molecule has 0 spiro atoms. The van der Waals surface area contributed by atoms with E-state index in [1.807, 2.05) is 0 Å². The Morgan fingerprint density at radius 1 is 1.50 bits per heavy atom. The first-order valence-electron chi connectivity index (χ1n) is 5.77.